The van der Waals surface area contributed by atoms with Crippen LogP contribution in [0, 0.1) is 17.0 Å². The fourth-order valence-corrected chi connectivity index (χ4v) is 5.57. The lowest BCUT2D eigenvalue weighted by atomic mass is 9.69. The van der Waals surface area contributed by atoms with Crippen molar-refractivity contribution in [1.82, 2.24) is 15.1 Å². The number of rotatable bonds is 8. The molecule has 39 heavy (non-hydrogen) atoms. The largest absolute Gasteiger partial charge is 0.374 e. The third-order valence-corrected chi connectivity index (χ3v) is 7.68. The Morgan fingerprint density at radius 2 is 1.92 bits per heavy atom. The van der Waals surface area contributed by atoms with Gasteiger partial charge in [-0.1, -0.05) is 36.4 Å². The lowest BCUT2D eigenvalue weighted by Gasteiger charge is -2.43. The number of ether oxygens (including phenoxy) is 1. The fourth-order valence-electron chi connectivity index (χ4n) is 5.57. The van der Waals surface area contributed by atoms with Gasteiger partial charge < -0.3 is 25.6 Å². The first-order valence-electron chi connectivity index (χ1n) is 13.1. The van der Waals surface area contributed by atoms with Gasteiger partial charge in [-0.15, -0.1) is 0 Å². The van der Waals surface area contributed by atoms with Gasteiger partial charge in [-0.05, 0) is 38.3 Å². The summed E-state index contributed by atoms with van der Waals surface area (Å²) in [6.07, 6.45) is 1.27. The lowest BCUT2D eigenvalue weighted by molar-refractivity contribution is -0.147. The van der Waals surface area contributed by atoms with Crippen LogP contribution in [0.4, 0.5) is 8.78 Å². The quantitative estimate of drug-likeness (QED) is 0.534. The molecule has 3 atom stereocenters. The summed E-state index contributed by atoms with van der Waals surface area (Å²) in [6, 6.07) is 11.9. The van der Waals surface area contributed by atoms with Gasteiger partial charge in [0.1, 0.15) is 17.7 Å². The predicted molar refractivity (Wildman–Crippen MR) is 141 cm³/mol. The number of halogens is 2. The molecule has 0 aliphatic carbocycles. The standard InChI is InChI=1S/C29H36F2N4O4/c1-28(2,32)26(37)33-24(17-39-16-20-10-11-21(30)14-23(20)31)25(36)35-13-7-12-29(18-35)22(15-34(3)27(29)38)19-8-5-4-6-9-19/h4-6,8-11,14,22,24H,7,12-13,15-18,32H2,1-3H3,(H,33,37)/t22?,24-,29?/m1/s1. The van der Waals surface area contributed by atoms with Gasteiger partial charge in [-0.2, -0.15) is 0 Å². The molecule has 10 heteroatoms. The van der Waals surface area contributed by atoms with Gasteiger partial charge in [0, 0.05) is 44.2 Å². The van der Waals surface area contributed by atoms with E-state index < -0.39 is 40.4 Å². The number of hydrogen-bond donors (Lipinski definition) is 2. The third kappa shape index (κ3) is 6.12. The third-order valence-electron chi connectivity index (χ3n) is 7.68. The predicted octanol–water partition coefficient (Wildman–Crippen LogP) is 2.57. The number of carbonyl (C=O) groups excluding carboxylic acids is 3. The molecule has 4 rings (SSSR count). The highest BCUT2D eigenvalue weighted by molar-refractivity contribution is 5.92. The first-order chi connectivity index (χ1) is 18.4. The number of nitrogens with zero attached hydrogens (tertiary/aromatic N) is 2. The normalized spacial score (nSPS) is 22.3. The van der Waals surface area contributed by atoms with Gasteiger partial charge in [0.05, 0.1) is 24.2 Å². The molecule has 2 aliphatic rings. The molecule has 0 saturated carbocycles. The molecule has 2 heterocycles. The summed E-state index contributed by atoms with van der Waals surface area (Å²) >= 11 is 0. The van der Waals surface area contributed by atoms with E-state index in [1.165, 1.54) is 19.9 Å². The molecular weight excluding hydrogens is 506 g/mol. The van der Waals surface area contributed by atoms with Crippen LogP contribution in [0.15, 0.2) is 48.5 Å². The van der Waals surface area contributed by atoms with Crippen molar-refractivity contribution < 1.29 is 27.9 Å². The zero-order valence-corrected chi connectivity index (χ0v) is 22.6. The topological polar surface area (TPSA) is 105 Å². The lowest BCUT2D eigenvalue weighted by Crippen LogP contribution is -2.60. The van der Waals surface area contributed by atoms with Crippen LogP contribution in [0.5, 0.6) is 0 Å². The molecule has 2 fully saturated rings. The van der Waals surface area contributed by atoms with Gasteiger partial charge >= 0.3 is 0 Å². The summed E-state index contributed by atoms with van der Waals surface area (Å²) in [5.74, 6) is -2.51. The zero-order chi connectivity index (χ0) is 28.4. The Morgan fingerprint density at radius 3 is 2.59 bits per heavy atom. The van der Waals surface area contributed by atoms with E-state index in [-0.39, 0.29) is 37.1 Å². The highest BCUT2D eigenvalue weighted by Gasteiger charge is 2.55. The molecule has 2 unspecified atom stereocenters. The average molecular weight is 543 g/mol. The minimum Gasteiger partial charge on any atom is -0.374 e. The van der Waals surface area contributed by atoms with E-state index in [1.807, 2.05) is 30.3 Å². The van der Waals surface area contributed by atoms with E-state index in [0.717, 1.165) is 17.7 Å². The Kier molecular flexibility index (Phi) is 8.37. The molecule has 8 nitrogen and oxygen atoms in total. The van der Waals surface area contributed by atoms with Gasteiger partial charge in [-0.25, -0.2) is 8.78 Å². The van der Waals surface area contributed by atoms with Crippen LogP contribution < -0.4 is 11.1 Å². The van der Waals surface area contributed by atoms with Crippen molar-refractivity contribution in [3.8, 4) is 0 Å². The number of nitrogens with two attached hydrogens (primary N) is 1. The van der Waals surface area contributed by atoms with Crippen LogP contribution in [0.1, 0.15) is 43.7 Å². The second-order valence-corrected chi connectivity index (χ2v) is 11.2. The van der Waals surface area contributed by atoms with Crippen molar-refractivity contribution in [2.75, 3.05) is 33.3 Å². The fraction of sp³-hybridized carbons (Fsp3) is 0.483. The highest BCUT2D eigenvalue weighted by Crippen LogP contribution is 2.49. The summed E-state index contributed by atoms with van der Waals surface area (Å²) in [6.45, 7) is 3.75. The van der Waals surface area contributed by atoms with E-state index in [1.54, 1.807) is 16.8 Å². The number of nitrogens with one attached hydrogen (secondary N) is 1. The summed E-state index contributed by atoms with van der Waals surface area (Å²) in [5, 5.41) is 2.68. The van der Waals surface area contributed by atoms with Crippen LogP contribution >= 0.6 is 0 Å². The van der Waals surface area contributed by atoms with Crippen molar-refractivity contribution in [3.05, 3.63) is 71.3 Å². The van der Waals surface area contributed by atoms with Crippen LogP contribution in [-0.2, 0) is 25.7 Å². The number of likely N-dealkylation sites (tertiary alicyclic amines) is 2. The molecule has 1 spiro atoms. The molecule has 0 bridgehead atoms. The number of piperidine rings is 1. The first-order valence-corrected chi connectivity index (χ1v) is 13.1. The average Bonchev–Trinajstić information content (AvgIpc) is 3.13. The Bertz CT molecular complexity index is 1220. The molecule has 210 valence electrons. The number of amides is 3. The Morgan fingerprint density at radius 1 is 1.21 bits per heavy atom. The Labute approximate surface area is 227 Å². The zero-order valence-electron chi connectivity index (χ0n) is 22.6. The molecule has 2 saturated heterocycles. The maximum atomic E-state index is 14.1. The van der Waals surface area contributed by atoms with Gasteiger partial charge in [0.15, 0.2) is 0 Å². The first kappa shape index (κ1) is 28.6. The van der Waals surface area contributed by atoms with Crippen molar-refractivity contribution in [2.24, 2.45) is 11.1 Å². The number of carbonyl (C=O) groups is 3. The van der Waals surface area contributed by atoms with Gasteiger partial charge in [0.25, 0.3) is 0 Å². The van der Waals surface area contributed by atoms with Crippen LogP contribution in [0.2, 0.25) is 0 Å². The minimum atomic E-state index is -1.26. The Balaban J connectivity index is 1.54. The van der Waals surface area contributed by atoms with E-state index in [0.29, 0.717) is 25.9 Å². The monoisotopic (exact) mass is 542 g/mol. The number of benzene rings is 2. The summed E-state index contributed by atoms with van der Waals surface area (Å²) in [5.41, 5.74) is 5.09. The summed E-state index contributed by atoms with van der Waals surface area (Å²) in [4.78, 5) is 43.4. The van der Waals surface area contributed by atoms with Gasteiger partial charge in [-0.3, -0.25) is 14.4 Å². The van der Waals surface area contributed by atoms with E-state index in [4.69, 9.17) is 10.5 Å². The van der Waals surface area contributed by atoms with Crippen LogP contribution in [-0.4, -0.2) is 72.4 Å². The molecule has 2 aromatic rings. The second kappa shape index (κ2) is 11.4. The second-order valence-electron chi connectivity index (χ2n) is 11.2. The Hall–Kier alpha value is -3.37. The highest BCUT2D eigenvalue weighted by atomic mass is 19.1. The van der Waals surface area contributed by atoms with Crippen molar-refractivity contribution >= 4 is 17.7 Å². The smallest absolute Gasteiger partial charge is 0.247 e. The van der Waals surface area contributed by atoms with Crippen molar-refractivity contribution in [1.29, 1.82) is 0 Å². The van der Waals surface area contributed by atoms with E-state index in [2.05, 4.69) is 5.32 Å². The molecule has 0 radical (unpaired) electrons. The summed E-state index contributed by atoms with van der Waals surface area (Å²) < 4.78 is 33.0. The summed E-state index contributed by atoms with van der Waals surface area (Å²) in [7, 11) is 1.78. The van der Waals surface area contributed by atoms with Crippen LogP contribution in [0.25, 0.3) is 0 Å². The number of hydrogen-bond acceptors (Lipinski definition) is 5. The van der Waals surface area contributed by atoms with Crippen molar-refractivity contribution in [2.45, 2.75) is 50.8 Å². The SMILES string of the molecule is CN1CC(c2ccccc2)C2(CCCN(C(=O)[C@@H](COCc3ccc(F)cc3F)NC(=O)C(C)(C)N)C2)C1=O. The molecule has 3 amide bonds. The maximum Gasteiger partial charge on any atom is 0.247 e. The molecule has 3 N–H and O–H groups in total. The molecule has 2 aromatic carbocycles. The minimum absolute atomic E-state index is 0.000523. The molecule has 2 aliphatic heterocycles. The molecule has 0 aromatic heterocycles. The van der Waals surface area contributed by atoms with Crippen molar-refractivity contribution in [3.63, 3.8) is 0 Å². The van der Waals surface area contributed by atoms with Gasteiger partial charge in [0.2, 0.25) is 17.7 Å². The maximum absolute atomic E-state index is 14.1. The molecular formula is C29H36F2N4O4. The van der Waals surface area contributed by atoms with Crippen LogP contribution in [0.3, 0.4) is 0 Å². The number of likely N-dealkylation sites (N-methyl/N-ethyl adjacent to an activating group) is 1. The van der Waals surface area contributed by atoms with E-state index in [9.17, 15) is 23.2 Å². The van der Waals surface area contributed by atoms with E-state index >= 15 is 0 Å².